The lowest BCUT2D eigenvalue weighted by atomic mass is 10.1. The molecule has 0 spiro atoms. The van der Waals surface area contributed by atoms with Crippen LogP contribution in [0.15, 0.2) is 23.1 Å². The van der Waals surface area contributed by atoms with Gasteiger partial charge >= 0.3 is 11.9 Å². The molecule has 0 aliphatic rings. The Hall–Kier alpha value is -2.13. The van der Waals surface area contributed by atoms with Crippen LogP contribution < -0.4 is 9.46 Å². The maximum Gasteiger partial charge on any atom is 0.338 e. The molecule has 1 unspecified atom stereocenters. The predicted octanol–water partition coefficient (Wildman–Crippen LogP) is 1.65. The van der Waals surface area contributed by atoms with E-state index in [0.29, 0.717) is 0 Å². The first-order valence-electron chi connectivity index (χ1n) is 7.72. The van der Waals surface area contributed by atoms with E-state index in [9.17, 15) is 23.1 Å². The van der Waals surface area contributed by atoms with Crippen molar-refractivity contribution in [1.82, 2.24) is 4.72 Å². The normalized spacial score (nSPS) is 12.7. The summed E-state index contributed by atoms with van der Waals surface area (Å²) in [6.45, 7) is 5.34. The minimum absolute atomic E-state index is 0.00534. The number of hydrogen-bond donors (Lipinski definition) is 2. The molecule has 25 heavy (non-hydrogen) atoms. The van der Waals surface area contributed by atoms with Crippen molar-refractivity contribution < 1.29 is 32.6 Å². The summed E-state index contributed by atoms with van der Waals surface area (Å²) in [4.78, 5) is 22.8. The molecule has 0 heterocycles. The maximum atomic E-state index is 12.6. The highest BCUT2D eigenvalue weighted by Gasteiger charge is 2.29. The van der Waals surface area contributed by atoms with Crippen LogP contribution in [0.2, 0.25) is 0 Å². The quantitative estimate of drug-likeness (QED) is 0.632. The number of carboxylic acid groups (broad SMARTS) is 1. The summed E-state index contributed by atoms with van der Waals surface area (Å²) in [5.41, 5.74) is 0.0266. The Morgan fingerprint density at radius 2 is 1.92 bits per heavy atom. The summed E-state index contributed by atoms with van der Waals surface area (Å²) >= 11 is 0. The summed E-state index contributed by atoms with van der Waals surface area (Å²) in [7, 11) is -2.95. The first-order valence-corrected chi connectivity index (χ1v) is 9.21. The Bertz CT molecular complexity index is 728. The van der Waals surface area contributed by atoms with Gasteiger partial charge < -0.3 is 14.6 Å². The number of ether oxygens (including phenoxy) is 2. The maximum absolute atomic E-state index is 12.6. The number of esters is 1. The van der Waals surface area contributed by atoms with Crippen molar-refractivity contribution in [2.24, 2.45) is 5.92 Å². The predicted molar refractivity (Wildman–Crippen MR) is 90.2 cm³/mol. The van der Waals surface area contributed by atoms with E-state index in [2.05, 4.69) is 4.72 Å². The van der Waals surface area contributed by atoms with Gasteiger partial charge in [-0.3, -0.25) is 4.79 Å². The molecule has 1 atom stereocenters. The highest BCUT2D eigenvalue weighted by atomic mass is 32.2. The van der Waals surface area contributed by atoms with E-state index in [1.807, 2.05) is 0 Å². The summed E-state index contributed by atoms with van der Waals surface area (Å²) in [6.07, 6.45) is 0.119. The number of benzene rings is 1. The van der Waals surface area contributed by atoms with Gasteiger partial charge in [-0.05, 0) is 37.5 Å². The number of hydrogen-bond acceptors (Lipinski definition) is 6. The van der Waals surface area contributed by atoms with Gasteiger partial charge in [0.25, 0.3) is 0 Å². The molecule has 9 heteroatoms. The summed E-state index contributed by atoms with van der Waals surface area (Å²) in [5.74, 6) is -2.00. The second-order valence-corrected chi connectivity index (χ2v) is 7.41. The van der Waals surface area contributed by atoms with Crippen LogP contribution in [0.25, 0.3) is 0 Å². The van der Waals surface area contributed by atoms with Crippen LogP contribution in [-0.4, -0.2) is 45.2 Å². The molecular formula is C16H23NO7S. The Labute approximate surface area is 147 Å². The molecule has 0 amide bonds. The largest absolute Gasteiger partial charge is 0.495 e. The third-order valence-electron chi connectivity index (χ3n) is 3.27. The Morgan fingerprint density at radius 1 is 1.28 bits per heavy atom. The Kier molecular flexibility index (Phi) is 7.38. The molecule has 0 aromatic heterocycles. The lowest BCUT2D eigenvalue weighted by Gasteiger charge is -2.18. The topological polar surface area (TPSA) is 119 Å². The summed E-state index contributed by atoms with van der Waals surface area (Å²) in [6, 6.07) is 2.51. The van der Waals surface area contributed by atoms with Gasteiger partial charge in [0.2, 0.25) is 10.0 Å². The molecule has 140 valence electrons. The average Bonchev–Trinajstić information content (AvgIpc) is 2.53. The van der Waals surface area contributed by atoms with Crippen LogP contribution in [-0.2, 0) is 19.6 Å². The first kappa shape index (κ1) is 20.9. The molecule has 1 aromatic rings. The van der Waals surface area contributed by atoms with Crippen molar-refractivity contribution in [1.29, 1.82) is 0 Å². The molecule has 1 rings (SSSR count). The van der Waals surface area contributed by atoms with Gasteiger partial charge in [0.05, 0.1) is 19.3 Å². The van der Waals surface area contributed by atoms with E-state index in [-0.39, 0.29) is 35.2 Å². The summed E-state index contributed by atoms with van der Waals surface area (Å²) < 4.78 is 37.3. The third kappa shape index (κ3) is 5.71. The van der Waals surface area contributed by atoms with Gasteiger partial charge in [0.1, 0.15) is 16.7 Å². The van der Waals surface area contributed by atoms with E-state index in [1.165, 1.54) is 19.2 Å². The van der Waals surface area contributed by atoms with E-state index in [0.717, 1.165) is 6.07 Å². The fourth-order valence-corrected chi connectivity index (χ4v) is 3.55. The van der Waals surface area contributed by atoms with E-state index in [1.54, 1.807) is 20.8 Å². The molecule has 0 aliphatic carbocycles. The van der Waals surface area contributed by atoms with Crippen LogP contribution in [0, 0.1) is 5.92 Å². The summed E-state index contributed by atoms with van der Waals surface area (Å²) in [5, 5.41) is 9.24. The standard InChI is InChI=1S/C16H23NO7S/c1-5-24-16(20)11-6-7-13(23-4)14(9-11)25(21,22)17-12(15(18)19)8-10(2)3/h6-7,9-10,12,17H,5,8H2,1-4H3,(H,18,19). The zero-order valence-electron chi connectivity index (χ0n) is 14.6. The zero-order valence-corrected chi connectivity index (χ0v) is 15.4. The van der Waals surface area contributed by atoms with Crippen LogP contribution in [0.3, 0.4) is 0 Å². The number of aliphatic carboxylic acids is 1. The highest BCUT2D eigenvalue weighted by Crippen LogP contribution is 2.26. The van der Waals surface area contributed by atoms with Crippen molar-refractivity contribution in [3.63, 3.8) is 0 Å². The monoisotopic (exact) mass is 373 g/mol. The van der Waals surface area contributed by atoms with Gasteiger partial charge in [0.15, 0.2) is 0 Å². The number of carbonyl (C=O) groups excluding carboxylic acids is 1. The Balaban J connectivity index is 3.27. The SMILES string of the molecule is CCOC(=O)c1ccc(OC)c(S(=O)(=O)NC(CC(C)C)C(=O)O)c1. The number of nitrogens with one attached hydrogen (secondary N) is 1. The number of methoxy groups -OCH3 is 1. The first-order chi connectivity index (χ1) is 11.6. The van der Waals surface area contributed by atoms with Crippen LogP contribution in [0.5, 0.6) is 5.75 Å². The van der Waals surface area contributed by atoms with Gasteiger partial charge in [-0.15, -0.1) is 0 Å². The molecule has 0 saturated carbocycles. The fourth-order valence-electron chi connectivity index (χ4n) is 2.15. The number of rotatable bonds is 9. The molecule has 2 N–H and O–H groups in total. The van der Waals surface area contributed by atoms with E-state index < -0.39 is 28.0 Å². The minimum Gasteiger partial charge on any atom is -0.495 e. The van der Waals surface area contributed by atoms with Gasteiger partial charge in [-0.1, -0.05) is 13.8 Å². The van der Waals surface area contributed by atoms with Crippen molar-refractivity contribution in [3.8, 4) is 5.75 Å². The average molecular weight is 373 g/mol. The molecule has 0 bridgehead atoms. The van der Waals surface area contributed by atoms with Gasteiger partial charge in [-0.2, -0.15) is 4.72 Å². The van der Waals surface area contributed by atoms with Crippen molar-refractivity contribution in [2.75, 3.05) is 13.7 Å². The highest BCUT2D eigenvalue weighted by molar-refractivity contribution is 7.89. The van der Waals surface area contributed by atoms with Gasteiger partial charge in [-0.25, -0.2) is 13.2 Å². The molecule has 0 aliphatic heterocycles. The number of sulfonamides is 1. The van der Waals surface area contributed by atoms with Gasteiger partial charge in [0, 0.05) is 0 Å². The van der Waals surface area contributed by atoms with E-state index >= 15 is 0 Å². The van der Waals surface area contributed by atoms with Crippen LogP contribution >= 0.6 is 0 Å². The fraction of sp³-hybridized carbons (Fsp3) is 0.500. The van der Waals surface area contributed by atoms with Crippen molar-refractivity contribution in [3.05, 3.63) is 23.8 Å². The van der Waals surface area contributed by atoms with Crippen molar-refractivity contribution >= 4 is 22.0 Å². The molecule has 1 aromatic carbocycles. The van der Waals surface area contributed by atoms with Crippen LogP contribution in [0.4, 0.5) is 0 Å². The second-order valence-electron chi connectivity index (χ2n) is 5.73. The Morgan fingerprint density at radius 3 is 2.40 bits per heavy atom. The smallest absolute Gasteiger partial charge is 0.338 e. The number of carboxylic acids is 1. The molecule has 8 nitrogen and oxygen atoms in total. The second kappa shape index (κ2) is 8.82. The minimum atomic E-state index is -4.23. The van der Waals surface area contributed by atoms with Crippen LogP contribution in [0.1, 0.15) is 37.6 Å². The lowest BCUT2D eigenvalue weighted by Crippen LogP contribution is -2.41. The molecule has 0 radical (unpaired) electrons. The third-order valence-corrected chi connectivity index (χ3v) is 4.76. The zero-order chi connectivity index (χ0) is 19.2. The molecule has 0 saturated heterocycles. The number of carbonyl (C=O) groups is 2. The lowest BCUT2D eigenvalue weighted by molar-refractivity contribution is -0.139. The molecular weight excluding hydrogens is 350 g/mol. The van der Waals surface area contributed by atoms with E-state index in [4.69, 9.17) is 9.47 Å². The molecule has 0 fully saturated rings. The van der Waals surface area contributed by atoms with Crippen molar-refractivity contribution in [2.45, 2.75) is 38.1 Å².